The lowest BCUT2D eigenvalue weighted by molar-refractivity contribution is -0.118. The summed E-state index contributed by atoms with van der Waals surface area (Å²) >= 11 is 0. The van der Waals surface area contributed by atoms with Crippen molar-refractivity contribution >= 4 is 17.5 Å². The van der Waals surface area contributed by atoms with Crippen LogP contribution in [0.1, 0.15) is 21.8 Å². The van der Waals surface area contributed by atoms with Crippen molar-refractivity contribution in [1.29, 1.82) is 0 Å². The number of hydrogen-bond donors (Lipinski definition) is 2. The SMILES string of the molecule is O=C(N[C@H]1COc2ccc(F)cc2NC1=O)c1cc(Cc2ccccc2)on1. The summed E-state index contributed by atoms with van der Waals surface area (Å²) in [6, 6.07) is 14.0. The van der Waals surface area contributed by atoms with E-state index in [1.165, 1.54) is 18.2 Å². The Bertz CT molecular complexity index is 1020. The molecule has 8 heteroatoms. The van der Waals surface area contributed by atoms with Crippen molar-refractivity contribution < 1.29 is 23.2 Å². The second-order valence-corrected chi connectivity index (χ2v) is 6.31. The molecule has 28 heavy (non-hydrogen) atoms. The number of nitrogens with zero attached hydrogens (tertiary/aromatic N) is 1. The number of fused-ring (bicyclic) bond motifs is 1. The number of halogens is 1. The van der Waals surface area contributed by atoms with Crippen molar-refractivity contribution in [1.82, 2.24) is 10.5 Å². The summed E-state index contributed by atoms with van der Waals surface area (Å²) in [6.07, 6.45) is 0.495. The van der Waals surface area contributed by atoms with E-state index >= 15 is 0 Å². The van der Waals surface area contributed by atoms with E-state index in [1.807, 2.05) is 30.3 Å². The topological polar surface area (TPSA) is 93.5 Å². The minimum atomic E-state index is -0.961. The number of carbonyl (C=O) groups excluding carboxylic acids is 2. The third-order valence-electron chi connectivity index (χ3n) is 4.24. The minimum Gasteiger partial charge on any atom is -0.489 e. The average molecular weight is 381 g/mol. The summed E-state index contributed by atoms with van der Waals surface area (Å²) in [7, 11) is 0. The van der Waals surface area contributed by atoms with Gasteiger partial charge in [0.25, 0.3) is 11.8 Å². The molecule has 0 saturated carbocycles. The number of nitrogens with one attached hydrogen (secondary N) is 2. The number of rotatable bonds is 4. The molecule has 0 spiro atoms. The van der Waals surface area contributed by atoms with Crippen LogP contribution in [0.5, 0.6) is 5.75 Å². The van der Waals surface area contributed by atoms with E-state index in [1.54, 1.807) is 0 Å². The van der Waals surface area contributed by atoms with Crippen LogP contribution < -0.4 is 15.4 Å². The quantitative estimate of drug-likeness (QED) is 0.724. The molecule has 1 aliphatic rings. The summed E-state index contributed by atoms with van der Waals surface area (Å²) in [4.78, 5) is 24.8. The first-order chi connectivity index (χ1) is 13.6. The average Bonchev–Trinajstić information content (AvgIpc) is 3.09. The van der Waals surface area contributed by atoms with E-state index in [0.29, 0.717) is 17.9 Å². The maximum Gasteiger partial charge on any atom is 0.274 e. The van der Waals surface area contributed by atoms with Gasteiger partial charge in [-0.05, 0) is 17.7 Å². The molecule has 7 nitrogen and oxygen atoms in total. The van der Waals surface area contributed by atoms with Crippen LogP contribution in [0.15, 0.2) is 59.1 Å². The Kier molecular flexibility index (Phi) is 4.76. The van der Waals surface area contributed by atoms with Crippen LogP contribution in [0.3, 0.4) is 0 Å². The van der Waals surface area contributed by atoms with E-state index in [-0.39, 0.29) is 18.0 Å². The van der Waals surface area contributed by atoms with Crippen LogP contribution >= 0.6 is 0 Å². The molecule has 0 radical (unpaired) electrons. The molecule has 0 aliphatic carbocycles. The third-order valence-corrected chi connectivity index (χ3v) is 4.24. The maximum absolute atomic E-state index is 13.3. The van der Waals surface area contributed by atoms with Gasteiger partial charge in [-0.25, -0.2) is 4.39 Å². The van der Waals surface area contributed by atoms with Crippen molar-refractivity contribution in [3.05, 3.63) is 77.4 Å². The summed E-state index contributed by atoms with van der Waals surface area (Å²) in [5, 5.41) is 8.87. The third kappa shape index (κ3) is 3.85. The van der Waals surface area contributed by atoms with Gasteiger partial charge in [-0.2, -0.15) is 0 Å². The lowest BCUT2D eigenvalue weighted by Crippen LogP contribution is -2.46. The van der Waals surface area contributed by atoms with E-state index in [4.69, 9.17) is 9.26 Å². The fourth-order valence-electron chi connectivity index (χ4n) is 2.83. The summed E-state index contributed by atoms with van der Waals surface area (Å²) in [6.45, 7) is -0.0923. The predicted molar refractivity (Wildman–Crippen MR) is 97.5 cm³/mol. The van der Waals surface area contributed by atoms with E-state index in [0.717, 1.165) is 11.6 Å². The molecule has 1 atom stereocenters. The normalized spacial score (nSPS) is 15.8. The molecular weight excluding hydrogens is 365 g/mol. The van der Waals surface area contributed by atoms with E-state index < -0.39 is 23.7 Å². The molecule has 3 aromatic rings. The molecule has 2 heterocycles. The van der Waals surface area contributed by atoms with Crippen molar-refractivity contribution in [2.45, 2.75) is 12.5 Å². The Hall–Kier alpha value is -3.68. The molecule has 2 aromatic carbocycles. The van der Waals surface area contributed by atoms with E-state index in [2.05, 4.69) is 15.8 Å². The monoisotopic (exact) mass is 381 g/mol. The fourth-order valence-corrected chi connectivity index (χ4v) is 2.83. The van der Waals surface area contributed by atoms with Gasteiger partial charge in [-0.15, -0.1) is 0 Å². The molecule has 0 saturated heterocycles. The Morgan fingerprint density at radius 2 is 2.04 bits per heavy atom. The second-order valence-electron chi connectivity index (χ2n) is 6.31. The van der Waals surface area contributed by atoms with Gasteiger partial charge in [0.05, 0.1) is 5.69 Å². The van der Waals surface area contributed by atoms with Gasteiger partial charge in [-0.1, -0.05) is 35.5 Å². The molecule has 142 valence electrons. The second kappa shape index (κ2) is 7.51. The zero-order chi connectivity index (χ0) is 19.5. The first kappa shape index (κ1) is 17.7. The van der Waals surface area contributed by atoms with E-state index in [9.17, 15) is 14.0 Å². The molecule has 0 fully saturated rings. The van der Waals surface area contributed by atoms with Crippen molar-refractivity contribution in [2.24, 2.45) is 0 Å². The molecule has 0 unspecified atom stereocenters. The predicted octanol–water partition coefficient (Wildman–Crippen LogP) is 2.53. The van der Waals surface area contributed by atoms with Crippen LogP contribution in [0.4, 0.5) is 10.1 Å². The molecule has 4 rings (SSSR count). The lowest BCUT2D eigenvalue weighted by atomic mass is 10.1. The lowest BCUT2D eigenvalue weighted by Gasteiger charge is -2.13. The number of anilines is 1. The summed E-state index contributed by atoms with van der Waals surface area (Å²) in [5.41, 5.74) is 1.30. The van der Waals surface area contributed by atoms with Crippen molar-refractivity contribution in [3.63, 3.8) is 0 Å². The Labute approximate surface area is 159 Å². The van der Waals surface area contributed by atoms with Gasteiger partial charge < -0.3 is 19.9 Å². The van der Waals surface area contributed by atoms with Crippen LogP contribution in [0.2, 0.25) is 0 Å². The molecule has 1 aliphatic heterocycles. The van der Waals surface area contributed by atoms with Gasteiger partial charge in [-0.3, -0.25) is 9.59 Å². The Morgan fingerprint density at radius 1 is 1.21 bits per heavy atom. The van der Waals surface area contributed by atoms with Gasteiger partial charge >= 0.3 is 0 Å². The largest absolute Gasteiger partial charge is 0.489 e. The molecule has 2 N–H and O–H groups in total. The van der Waals surface area contributed by atoms with Crippen LogP contribution in [0.25, 0.3) is 0 Å². The number of aromatic nitrogens is 1. The Balaban J connectivity index is 1.42. The van der Waals surface area contributed by atoms with Crippen molar-refractivity contribution in [3.8, 4) is 5.75 Å². The van der Waals surface area contributed by atoms with Crippen LogP contribution in [-0.2, 0) is 11.2 Å². The number of amides is 2. The number of hydrogen-bond acceptors (Lipinski definition) is 5. The highest BCUT2D eigenvalue weighted by Gasteiger charge is 2.28. The highest BCUT2D eigenvalue weighted by molar-refractivity contribution is 6.01. The molecule has 1 aromatic heterocycles. The molecule has 2 amide bonds. The zero-order valence-electron chi connectivity index (χ0n) is 14.6. The van der Waals surface area contributed by atoms with Crippen LogP contribution in [0, 0.1) is 5.82 Å². The van der Waals surface area contributed by atoms with Gasteiger partial charge in [0, 0.05) is 18.6 Å². The highest BCUT2D eigenvalue weighted by atomic mass is 19.1. The Morgan fingerprint density at radius 3 is 2.86 bits per heavy atom. The van der Waals surface area contributed by atoms with Gasteiger partial charge in [0.15, 0.2) is 5.69 Å². The van der Waals surface area contributed by atoms with Gasteiger partial charge in [0.1, 0.15) is 30.0 Å². The van der Waals surface area contributed by atoms with Crippen molar-refractivity contribution in [2.75, 3.05) is 11.9 Å². The first-order valence-electron chi connectivity index (χ1n) is 8.62. The first-order valence-corrected chi connectivity index (χ1v) is 8.62. The molecule has 0 bridgehead atoms. The summed E-state index contributed by atoms with van der Waals surface area (Å²) < 4.78 is 24.1. The number of ether oxygens (including phenoxy) is 1. The summed E-state index contributed by atoms with van der Waals surface area (Å²) in [5.74, 6) is -0.716. The number of benzene rings is 2. The number of carbonyl (C=O) groups is 2. The highest BCUT2D eigenvalue weighted by Crippen LogP contribution is 2.27. The van der Waals surface area contributed by atoms with Crippen LogP contribution in [-0.4, -0.2) is 29.6 Å². The zero-order valence-corrected chi connectivity index (χ0v) is 14.6. The van der Waals surface area contributed by atoms with Gasteiger partial charge in [0.2, 0.25) is 0 Å². The minimum absolute atomic E-state index is 0.0616. The molecular formula is C20H16FN3O4. The fraction of sp³-hybridized carbons (Fsp3) is 0.150. The standard InChI is InChI=1S/C20H16FN3O4/c21-13-6-7-18-15(9-13)22-20(26)17(11-27-18)23-19(25)16-10-14(28-24-16)8-12-4-2-1-3-5-12/h1-7,9-10,17H,8,11H2,(H,22,26)(H,23,25)/t17-/m0/s1. The smallest absolute Gasteiger partial charge is 0.274 e. The maximum atomic E-state index is 13.3.